The molecule has 0 aliphatic heterocycles. The minimum absolute atomic E-state index is 0.332. The van der Waals surface area contributed by atoms with Crippen molar-refractivity contribution in [3.8, 4) is 0 Å². The minimum Gasteiger partial charge on any atom is -0.418 e. The number of hydrogen-bond donors (Lipinski definition) is 0. The Morgan fingerprint density at radius 3 is 0.625 bits per heavy atom. The van der Waals surface area contributed by atoms with Crippen LogP contribution in [0.1, 0.15) is 95.9 Å². The highest BCUT2D eigenvalue weighted by Crippen LogP contribution is 2.61. The third kappa shape index (κ3) is 26.7. The van der Waals surface area contributed by atoms with Gasteiger partial charge in [0, 0.05) is 15.8 Å². The third-order valence-corrected chi connectivity index (χ3v) is 13.7. The summed E-state index contributed by atoms with van der Waals surface area (Å²) in [5, 5.41) is 2.07. The van der Waals surface area contributed by atoms with Gasteiger partial charge >= 0.3 is 14.5 Å². The van der Waals surface area contributed by atoms with E-state index in [0.717, 1.165) is 0 Å². The first-order valence-corrected chi connectivity index (χ1v) is 14.4. The van der Waals surface area contributed by atoms with Crippen LogP contribution in [0.15, 0.2) is 0 Å². The van der Waals surface area contributed by atoms with Crippen molar-refractivity contribution < 1.29 is 34.5 Å². The molecular formula is C20H46B2F8P2. The van der Waals surface area contributed by atoms with E-state index in [1.54, 1.807) is 0 Å². The van der Waals surface area contributed by atoms with E-state index in [4.69, 9.17) is 0 Å². The third-order valence-electron chi connectivity index (χ3n) is 4.72. The van der Waals surface area contributed by atoms with Gasteiger partial charge in [-0.3, -0.25) is 0 Å². The van der Waals surface area contributed by atoms with Crippen LogP contribution in [0.25, 0.3) is 0 Å². The van der Waals surface area contributed by atoms with Crippen molar-refractivity contribution in [3.05, 3.63) is 0 Å². The van der Waals surface area contributed by atoms with E-state index in [2.05, 4.69) is 83.1 Å². The summed E-state index contributed by atoms with van der Waals surface area (Å²) in [6.07, 6.45) is 5.87. The average molecular weight is 522 g/mol. The van der Waals surface area contributed by atoms with E-state index in [0.29, 0.717) is 20.6 Å². The zero-order valence-corrected chi connectivity index (χ0v) is 24.0. The Bertz CT molecular complexity index is 411. The van der Waals surface area contributed by atoms with Crippen molar-refractivity contribution in [1.29, 1.82) is 0 Å². The molecule has 12 heteroatoms. The number of rotatable bonds is 5. The molecule has 0 spiro atoms. The fraction of sp³-hybridized carbons (Fsp3) is 1.00. The van der Waals surface area contributed by atoms with Crippen LogP contribution in [0.5, 0.6) is 0 Å². The summed E-state index contributed by atoms with van der Waals surface area (Å²) < 4.78 is 78.0. The Morgan fingerprint density at radius 2 is 0.531 bits per heavy atom. The highest BCUT2D eigenvalue weighted by Gasteiger charge is 2.43. The van der Waals surface area contributed by atoms with Gasteiger partial charge in [-0.15, -0.1) is 0 Å². The van der Waals surface area contributed by atoms with Gasteiger partial charge in [0.15, 0.2) is 0 Å². The summed E-state index contributed by atoms with van der Waals surface area (Å²) in [7, 11) is -12.7. The van der Waals surface area contributed by atoms with E-state index in [1.807, 2.05) is 0 Å². The van der Waals surface area contributed by atoms with Crippen molar-refractivity contribution >= 4 is 30.4 Å². The van der Waals surface area contributed by atoms with Gasteiger partial charge in [-0.25, -0.2) is 0 Å². The van der Waals surface area contributed by atoms with Gasteiger partial charge in [0.05, 0.1) is 32.9 Å². The maximum Gasteiger partial charge on any atom is 0.673 e. The molecule has 0 nitrogen and oxygen atoms in total. The van der Waals surface area contributed by atoms with E-state index in [1.165, 1.54) is 25.2 Å². The fourth-order valence-electron chi connectivity index (χ4n) is 4.35. The smallest absolute Gasteiger partial charge is 0.418 e. The maximum absolute atomic E-state index is 9.75. The molecule has 0 atom stereocenters. The van der Waals surface area contributed by atoms with E-state index < -0.39 is 14.5 Å². The Morgan fingerprint density at radius 1 is 0.406 bits per heavy atom. The van der Waals surface area contributed by atoms with Crippen LogP contribution in [0.4, 0.5) is 34.5 Å². The summed E-state index contributed by atoms with van der Waals surface area (Å²) in [6, 6.07) is 0. The Kier molecular flexibility index (Phi) is 15.6. The van der Waals surface area contributed by atoms with Crippen molar-refractivity contribution in [3.63, 3.8) is 0 Å². The van der Waals surface area contributed by atoms with Gasteiger partial charge in [0.1, 0.15) is 0 Å². The highest BCUT2D eigenvalue weighted by molar-refractivity contribution is 7.61. The van der Waals surface area contributed by atoms with Gasteiger partial charge in [-0.2, -0.15) is 0 Å². The molecule has 32 heavy (non-hydrogen) atoms. The first kappa shape index (κ1) is 37.0. The SMILES string of the molecule is CC(C)(C)[PH+](CCCC[PH+](C(C)(C)C)C(C)(C)C)C(C)(C)C.F[B-](F)(F)F.F[B-](F)(F)F. The molecule has 0 bridgehead atoms. The van der Waals surface area contributed by atoms with Crippen LogP contribution in [0, 0.1) is 0 Å². The van der Waals surface area contributed by atoms with Crippen molar-refractivity contribution in [2.24, 2.45) is 0 Å². The molecule has 0 aromatic carbocycles. The summed E-state index contributed by atoms with van der Waals surface area (Å²) in [6.45, 7) is 29.6. The molecule has 0 saturated carbocycles. The molecule has 198 valence electrons. The molecule has 0 aliphatic carbocycles. The highest BCUT2D eigenvalue weighted by atomic mass is 31.1. The molecule has 0 aromatic heterocycles. The molecular weight excluding hydrogens is 476 g/mol. The van der Waals surface area contributed by atoms with Crippen LogP contribution in [0.3, 0.4) is 0 Å². The quantitative estimate of drug-likeness (QED) is 0.146. The lowest BCUT2D eigenvalue weighted by Crippen LogP contribution is -2.27. The van der Waals surface area contributed by atoms with Crippen LogP contribution in [0.2, 0.25) is 0 Å². The van der Waals surface area contributed by atoms with Crippen LogP contribution < -0.4 is 0 Å². The molecule has 0 N–H and O–H groups in total. The maximum atomic E-state index is 9.75. The largest absolute Gasteiger partial charge is 0.673 e. The molecule has 0 fully saturated rings. The molecule has 0 saturated heterocycles. The molecule has 0 unspecified atom stereocenters. The minimum atomic E-state index is -6.00. The predicted octanol–water partition coefficient (Wildman–Crippen LogP) is 9.99. The Hall–Kier alpha value is 0.430. The summed E-state index contributed by atoms with van der Waals surface area (Å²) in [5.74, 6) is 0. The lowest BCUT2D eigenvalue weighted by Gasteiger charge is -2.35. The fourth-order valence-corrected chi connectivity index (χ4v) is 13.1. The number of hydrogen-bond acceptors (Lipinski definition) is 0. The molecule has 0 radical (unpaired) electrons. The standard InChI is InChI=1S/C20H44P2.2BF4/c1-17(2,3)21(18(4,5)6)15-13-14-16-22(19(7,8)9)20(10,11)12;2*2-1(3,4)5/h13-16H2,1-12H3;;/q;2*-1/p+2. The molecule has 0 rings (SSSR count). The van der Waals surface area contributed by atoms with E-state index in [-0.39, 0.29) is 15.8 Å². The van der Waals surface area contributed by atoms with Crippen LogP contribution in [-0.4, -0.2) is 47.5 Å². The first-order chi connectivity index (χ1) is 13.5. The van der Waals surface area contributed by atoms with E-state index in [9.17, 15) is 34.5 Å². The second-order valence-corrected chi connectivity index (χ2v) is 21.1. The topological polar surface area (TPSA) is 0 Å². The molecule has 0 heterocycles. The zero-order chi connectivity index (χ0) is 27.0. The second-order valence-electron chi connectivity index (χ2n) is 12.2. The molecule has 0 aliphatic rings. The monoisotopic (exact) mass is 522 g/mol. The predicted molar refractivity (Wildman–Crippen MR) is 135 cm³/mol. The van der Waals surface area contributed by atoms with Gasteiger partial charge in [0.25, 0.3) is 0 Å². The zero-order valence-electron chi connectivity index (χ0n) is 22.0. The normalized spacial score (nSPS) is 14.1. The lowest BCUT2D eigenvalue weighted by atomic mass is 10.2. The number of halogens is 8. The van der Waals surface area contributed by atoms with Crippen molar-refractivity contribution in [1.82, 2.24) is 0 Å². The van der Waals surface area contributed by atoms with Crippen LogP contribution >= 0.6 is 15.8 Å². The van der Waals surface area contributed by atoms with Crippen molar-refractivity contribution in [2.75, 3.05) is 12.3 Å². The number of unbranched alkanes of at least 4 members (excludes halogenated alkanes) is 1. The van der Waals surface area contributed by atoms with Gasteiger partial charge in [-0.05, 0) is 95.9 Å². The Labute approximate surface area is 194 Å². The first-order valence-electron chi connectivity index (χ1n) is 11.0. The lowest BCUT2D eigenvalue weighted by molar-refractivity contribution is 0.366. The van der Waals surface area contributed by atoms with Crippen molar-refractivity contribution in [2.45, 2.75) is 117 Å². The Balaban J connectivity index is -0.000000695. The molecule has 0 aromatic rings. The summed E-state index contributed by atoms with van der Waals surface area (Å²) >= 11 is 0. The summed E-state index contributed by atoms with van der Waals surface area (Å²) in [5.41, 5.74) is 0. The molecule has 0 amide bonds. The van der Waals surface area contributed by atoms with Crippen LogP contribution in [-0.2, 0) is 0 Å². The van der Waals surface area contributed by atoms with Gasteiger partial charge < -0.3 is 34.5 Å². The van der Waals surface area contributed by atoms with Gasteiger partial charge in [-0.1, -0.05) is 0 Å². The van der Waals surface area contributed by atoms with Gasteiger partial charge in [0.2, 0.25) is 0 Å². The van der Waals surface area contributed by atoms with E-state index >= 15 is 0 Å². The summed E-state index contributed by atoms with van der Waals surface area (Å²) in [4.78, 5) is 0. The second kappa shape index (κ2) is 13.5. The average Bonchev–Trinajstić information content (AvgIpc) is 2.32.